The number of rotatable bonds is 7. The number of hydrogen-bond donors (Lipinski definition) is 2. The second kappa shape index (κ2) is 6.58. The topological polar surface area (TPSA) is 53.1 Å². The van der Waals surface area contributed by atoms with Crippen molar-refractivity contribution in [1.29, 1.82) is 0 Å². The summed E-state index contributed by atoms with van der Waals surface area (Å²) in [5.74, 6) is 1.62. The summed E-state index contributed by atoms with van der Waals surface area (Å²) >= 11 is 1.65. The van der Waals surface area contributed by atoms with Gasteiger partial charge < -0.3 is 15.5 Å². The summed E-state index contributed by atoms with van der Waals surface area (Å²) in [7, 11) is 4.21. The third-order valence-corrected chi connectivity index (χ3v) is 3.95. The summed E-state index contributed by atoms with van der Waals surface area (Å²) in [6.45, 7) is 9.29. The maximum atomic E-state index is 4.60. The van der Waals surface area contributed by atoms with E-state index in [4.69, 9.17) is 0 Å². The van der Waals surface area contributed by atoms with Crippen LogP contribution in [0, 0.1) is 5.41 Å². The molecule has 0 spiro atoms. The van der Waals surface area contributed by atoms with Crippen LogP contribution in [0.2, 0.25) is 0 Å². The fourth-order valence-corrected chi connectivity index (χ4v) is 3.23. The Hall–Kier alpha value is -1.40. The molecule has 0 fully saturated rings. The molecule has 0 saturated carbocycles. The molecule has 2 heterocycles. The number of aromatic nitrogens is 2. The lowest BCUT2D eigenvalue weighted by Crippen LogP contribution is -2.34. The molecular weight excluding hydrogens is 282 g/mol. The van der Waals surface area contributed by atoms with Gasteiger partial charge in [0, 0.05) is 19.6 Å². The molecule has 21 heavy (non-hydrogen) atoms. The van der Waals surface area contributed by atoms with Crippen LogP contribution >= 0.6 is 11.3 Å². The molecule has 0 saturated heterocycles. The predicted molar refractivity (Wildman–Crippen MR) is 92.4 cm³/mol. The minimum Gasteiger partial charge on any atom is -0.369 e. The molecule has 0 radical (unpaired) electrons. The fraction of sp³-hybridized carbons (Fsp3) is 0.600. The summed E-state index contributed by atoms with van der Waals surface area (Å²) < 4.78 is 0. The van der Waals surface area contributed by atoms with Gasteiger partial charge in [0.25, 0.3) is 0 Å². The van der Waals surface area contributed by atoms with E-state index < -0.39 is 0 Å². The van der Waals surface area contributed by atoms with E-state index in [1.807, 2.05) is 0 Å². The highest BCUT2D eigenvalue weighted by atomic mass is 32.1. The minimum absolute atomic E-state index is 0.176. The summed E-state index contributed by atoms with van der Waals surface area (Å²) in [5.41, 5.74) is 0.176. The standard InChI is InChI=1S/C15H25N5S/c1-6-16-14-18-12(11-7-8-21-13(11)19-14)17-9-15(2,3)10-20(4)5/h7-8H,6,9-10H2,1-5H3,(H2,16,17,18,19). The highest BCUT2D eigenvalue weighted by molar-refractivity contribution is 7.16. The summed E-state index contributed by atoms with van der Waals surface area (Å²) in [6.07, 6.45) is 0. The van der Waals surface area contributed by atoms with Gasteiger partial charge in [-0.05, 0) is 37.9 Å². The number of thiophene rings is 1. The van der Waals surface area contributed by atoms with Crippen molar-refractivity contribution < 1.29 is 0 Å². The van der Waals surface area contributed by atoms with Gasteiger partial charge in [-0.3, -0.25) is 0 Å². The molecule has 0 aliphatic carbocycles. The first-order valence-electron chi connectivity index (χ1n) is 7.29. The van der Waals surface area contributed by atoms with Gasteiger partial charge in [0.05, 0.1) is 5.39 Å². The monoisotopic (exact) mass is 307 g/mol. The van der Waals surface area contributed by atoms with Gasteiger partial charge in [0.2, 0.25) is 5.95 Å². The highest BCUT2D eigenvalue weighted by Gasteiger charge is 2.19. The zero-order valence-corrected chi connectivity index (χ0v) is 14.3. The van der Waals surface area contributed by atoms with E-state index in [9.17, 15) is 0 Å². The molecule has 0 aliphatic rings. The van der Waals surface area contributed by atoms with E-state index in [-0.39, 0.29) is 5.41 Å². The molecule has 2 aromatic rings. The van der Waals surface area contributed by atoms with Gasteiger partial charge in [-0.25, -0.2) is 4.98 Å². The number of nitrogens with one attached hydrogen (secondary N) is 2. The maximum absolute atomic E-state index is 4.60. The van der Waals surface area contributed by atoms with Crippen LogP contribution in [-0.4, -0.2) is 48.6 Å². The molecule has 0 aliphatic heterocycles. The smallest absolute Gasteiger partial charge is 0.226 e. The Morgan fingerprint density at radius 3 is 2.67 bits per heavy atom. The van der Waals surface area contributed by atoms with Gasteiger partial charge in [0.1, 0.15) is 10.6 Å². The number of hydrogen-bond acceptors (Lipinski definition) is 6. The van der Waals surface area contributed by atoms with E-state index in [2.05, 4.69) is 71.8 Å². The fourth-order valence-electron chi connectivity index (χ4n) is 2.46. The first kappa shape index (κ1) is 16.0. The Kier molecular flexibility index (Phi) is 5.00. The Bertz CT molecular complexity index is 591. The number of fused-ring (bicyclic) bond motifs is 1. The van der Waals surface area contributed by atoms with Crippen LogP contribution in [0.5, 0.6) is 0 Å². The van der Waals surface area contributed by atoms with Crippen LogP contribution < -0.4 is 10.6 Å². The Morgan fingerprint density at radius 2 is 2.00 bits per heavy atom. The molecule has 0 bridgehead atoms. The van der Waals surface area contributed by atoms with Crippen LogP contribution in [0.15, 0.2) is 11.4 Å². The van der Waals surface area contributed by atoms with Crippen LogP contribution in [0.4, 0.5) is 11.8 Å². The zero-order chi connectivity index (χ0) is 15.5. The van der Waals surface area contributed by atoms with E-state index in [0.717, 1.165) is 35.7 Å². The van der Waals surface area contributed by atoms with Crippen molar-refractivity contribution in [2.75, 3.05) is 44.4 Å². The van der Waals surface area contributed by atoms with Crippen LogP contribution in [-0.2, 0) is 0 Å². The molecular formula is C15H25N5S. The lowest BCUT2D eigenvalue weighted by Gasteiger charge is -2.28. The molecule has 0 atom stereocenters. The highest BCUT2D eigenvalue weighted by Crippen LogP contribution is 2.27. The van der Waals surface area contributed by atoms with E-state index >= 15 is 0 Å². The Balaban J connectivity index is 2.18. The van der Waals surface area contributed by atoms with Crippen molar-refractivity contribution in [2.45, 2.75) is 20.8 Å². The van der Waals surface area contributed by atoms with Gasteiger partial charge in [-0.2, -0.15) is 4.98 Å². The van der Waals surface area contributed by atoms with Crippen molar-refractivity contribution >= 4 is 33.3 Å². The van der Waals surface area contributed by atoms with Gasteiger partial charge in [-0.15, -0.1) is 11.3 Å². The first-order valence-corrected chi connectivity index (χ1v) is 8.17. The van der Waals surface area contributed by atoms with Crippen molar-refractivity contribution in [2.24, 2.45) is 5.41 Å². The van der Waals surface area contributed by atoms with Gasteiger partial charge >= 0.3 is 0 Å². The predicted octanol–water partition coefficient (Wildman–Crippen LogP) is 3.12. The first-order chi connectivity index (χ1) is 9.91. The molecule has 2 N–H and O–H groups in total. The lowest BCUT2D eigenvalue weighted by molar-refractivity contribution is 0.254. The maximum Gasteiger partial charge on any atom is 0.226 e. The average molecular weight is 307 g/mol. The third kappa shape index (κ3) is 4.28. The number of anilines is 2. The quantitative estimate of drug-likeness (QED) is 0.823. The lowest BCUT2D eigenvalue weighted by atomic mass is 9.93. The molecule has 2 rings (SSSR count). The molecule has 116 valence electrons. The minimum atomic E-state index is 0.176. The Labute approximate surface area is 130 Å². The second-order valence-corrected chi connectivity index (χ2v) is 7.22. The molecule has 0 unspecified atom stereocenters. The van der Waals surface area contributed by atoms with Crippen molar-refractivity contribution in [3.63, 3.8) is 0 Å². The van der Waals surface area contributed by atoms with Crippen LogP contribution in [0.1, 0.15) is 20.8 Å². The molecule has 6 heteroatoms. The summed E-state index contributed by atoms with van der Waals surface area (Å²) in [4.78, 5) is 12.4. The number of nitrogens with zero attached hydrogens (tertiary/aromatic N) is 3. The van der Waals surface area contributed by atoms with E-state index in [1.54, 1.807) is 11.3 Å². The largest absolute Gasteiger partial charge is 0.369 e. The second-order valence-electron chi connectivity index (χ2n) is 6.32. The zero-order valence-electron chi connectivity index (χ0n) is 13.5. The Morgan fingerprint density at radius 1 is 1.24 bits per heavy atom. The normalized spacial score (nSPS) is 12.1. The average Bonchev–Trinajstić information content (AvgIpc) is 2.83. The molecule has 0 amide bonds. The molecule has 0 aromatic carbocycles. The van der Waals surface area contributed by atoms with E-state index in [1.165, 1.54) is 0 Å². The third-order valence-electron chi connectivity index (χ3n) is 3.14. The van der Waals surface area contributed by atoms with Crippen LogP contribution in [0.25, 0.3) is 10.2 Å². The summed E-state index contributed by atoms with van der Waals surface area (Å²) in [5, 5.41) is 9.86. The summed E-state index contributed by atoms with van der Waals surface area (Å²) in [6, 6.07) is 2.08. The van der Waals surface area contributed by atoms with Crippen LogP contribution in [0.3, 0.4) is 0 Å². The van der Waals surface area contributed by atoms with Gasteiger partial charge in [0.15, 0.2) is 0 Å². The molecule has 5 nitrogen and oxygen atoms in total. The molecule has 2 aromatic heterocycles. The SMILES string of the molecule is CCNc1nc(NCC(C)(C)CN(C)C)c2ccsc2n1. The van der Waals surface area contributed by atoms with Crippen molar-refractivity contribution in [3.8, 4) is 0 Å². The van der Waals surface area contributed by atoms with Crippen molar-refractivity contribution in [1.82, 2.24) is 14.9 Å². The van der Waals surface area contributed by atoms with E-state index in [0.29, 0.717) is 5.95 Å². The van der Waals surface area contributed by atoms with Gasteiger partial charge in [-0.1, -0.05) is 13.8 Å². The van der Waals surface area contributed by atoms with Crippen molar-refractivity contribution in [3.05, 3.63) is 11.4 Å².